The van der Waals surface area contributed by atoms with E-state index in [9.17, 15) is 35.1 Å². The molecule has 0 aliphatic heterocycles. The van der Waals surface area contributed by atoms with Gasteiger partial charge in [-0.2, -0.15) is 35.1 Å². The van der Waals surface area contributed by atoms with Crippen molar-refractivity contribution in [2.75, 3.05) is 0 Å². The van der Waals surface area contributed by atoms with E-state index in [1.54, 1.807) is 0 Å². The molecular weight excluding hydrogens is 226 g/mol. The molecule has 9 heteroatoms. The van der Waals surface area contributed by atoms with E-state index in [-0.39, 0.29) is 0 Å². The van der Waals surface area contributed by atoms with E-state index in [0.29, 0.717) is 0 Å². The molecular formula is C5H5F8N. The average Bonchev–Trinajstić information content (AvgIpc) is 1.80. The molecule has 0 spiro atoms. The van der Waals surface area contributed by atoms with E-state index in [2.05, 4.69) is 5.73 Å². The lowest BCUT2D eigenvalue weighted by Crippen LogP contribution is -2.47. The molecule has 86 valence electrons. The van der Waals surface area contributed by atoms with E-state index < -0.39 is 30.7 Å². The predicted octanol–water partition coefficient (Wildman–Crippen LogP) is 2.46. The second-order valence-electron chi connectivity index (χ2n) is 2.55. The molecule has 0 aromatic rings. The molecule has 0 bridgehead atoms. The second kappa shape index (κ2) is 3.52. The number of hydrogen-bond donors (Lipinski definition) is 1. The maximum absolute atomic E-state index is 12.0. The van der Waals surface area contributed by atoms with Crippen LogP contribution in [0.15, 0.2) is 0 Å². The molecule has 2 N–H and O–H groups in total. The summed E-state index contributed by atoms with van der Waals surface area (Å²) in [7, 11) is 0. The van der Waals surface area contributed by atoms with E-state index in [0.717, 1.165) is 0 Å². The summed E-state index contributed by atoms with van der Waals surface area (Å²) in [5, 5.41) is 0. The smallest absolute Gasteiger partial charge is 0.320 e. The Bertz CT molecular complexity index is 191. The van der Waals surface area contributed by atoms with Crippen LogP contribution in [0.5, 0.6) is 0 Å². The van der Waals surface area contributed by atoms with Crippen LogP contribution in [0, 0.1) is 0 Å². The zero-order valence-corrected chi connectivity index (χ0v) is 6.39. The highest BCUT2D eigenvalue weighted by Crippen LogP contribution is 2.40. The van der Waals surface area contributed by atoms with Crippen LogP contribution < -0.4 is 5.73 Å². The fourth-order valence-electron chi connectivity index (χ4n) is 0.508. The maximum Gasteiger partial charge on any atom is 0.453 e. The number of halogens is 8. The normalized spacial score (nSPS) is 16.9. The third kappa shape index (κ3) is 3.28. The van der Waals surface area contributed by atoms with Gasteiger partial charge in [-0.05, 0) is 0 Å². The fraction of sp³-hybridized carbons (Fsp3) is 1.00. The van der Waals surface area contributed by atoms with Crippen molar-refractivity contribution in [1.82, 2.24) is 0 Å². The van der Waals surface area contributed by atoms with Crippen molar-refractivity contribution >= 4 is 0 Å². The summed E-state index contributed by atoms with van der Waals surface area (Å²) in [6.45, 7) is 0. The Hall–Kier alpha value is -0.600. The van der Waals surface area contributed by atoms with Gasteiger partial charge in [0.05, 0.1) is 0 Å². The average molecular weight is 231 g/mol. The monoisotopic (exact) mass is 231 g/mol. The fourth-order valence-corrected chi connectivity index (χ4v) is 0.508. The maximum atomic E-state index is 12.0. The van der Waals surface area contributed by atoms with E-state index in [1.165, 1.54) is 0 Å². The zero-order valence-electron chi connectivity index (χ0n) is 6.39. The number of hydrogen-bond acceptors (Lipinski definition) is 1. The largest absolute Gasteiger partial charge is 0.453 e. The quantitative estimate of drug-likeness (QED) is 0.726. The van der Waals surface area contributed by atoms with Crippen LogP contribution in [0.1, 0.15) is 6.42 Å². The minimum atomic E-state index is -6.02. The molecule has 1 unspecified atom stereocenters. The molecule has 0 radical (unpaired) electrons. The Morgan fingerprint density at radius 2 is 1.21 bits per heavy atom. The van der Waals surface area contributed by atoms with E-state index >= 15 is 0 Å². The van der Waals surface area contributed by atoms with Crippen molar-refractivity contribution in [3.8, 4) is 0 Å². The Labute approximate surface area is 72.9 Å². The first-order valence-corrected chi connectivity index (χ1v) is 3.15. The molecule has 0 fully saturated rings. The number of alkyl halides is 8. The van der Waals surface area contributed by atoms with Crippen molar-refractivity contribution < 1.29 is 35.1 Å². The topological polar surface area (TPSA) is 26.0 Å². The molecule has 0 amide bonds. The third-order valence-corrected chi connectivity index (χ3v) is 1.31. The van der Waals surface area contributed by atoms with Crippen LogP contribution in [0.4, 0.5) is 35.1 Å². The summed E-state index contributed by atoms with van der Waals surface area (Å²) in [5.74, 6) is -5.43. The van der Waals surface area contributed by atoms with E-state index in [1.807, 2.05) is 0 Å². The molecule has 0 saturated carbocycles. The first-order valence-electron chi connectivity index (χ1n) is 3.15. The molecule has 0 saturated heterocycles. The van der Waals surface area contributed by atoms with Gasteiger partial charge in [-0.1, -0.05) is 0 Å². The minimum Gasteiger partial charge on any atom is -0.320 e. The summed E-state index contributed by atoms with van der Waals surface area (Å²) in [6.07, 6.45) is -13.8. The molecule has 14 heavy (non-hydrogen) atoms. The summed E-state index contributed by atoms with van der Waals surface area (Å²) < 4.78 is 92.9. The first-order chi connectivity index (χ1) is 5.88. The van der Waals surface area contributed by atoms with Crippen LogP contribution in [0.25, 0.3) is 0 Å². The molecule has 1 nitrogen and oxygen atoms in total. The van der Waals surface area contributed by atoms with Gasteiger partial charge in [0, 0.05) is 6.42 Å². The standard InChI is InChI=1S/C5H5F8N/c6-3(7,5(11,12)13)1-2(14)4(8,9)10/h2H,1,14H2. The van der Waals surface area contributed by atoms with Crippen LogP contribution in [0.3, 0.4) is 0 Å². The van der Waals surface area contributed by atoms with Crippen LogP contribution in [0.2, 0.25) is 0 Å². The minimum absolute atomic E-state index is 2.50. The highest BCUT2D eigenvalue weighted by Gasteiger charge is 2.60. The van der Waals surface area contributed by atoms with Gasteiger partial charge in [0.2, 0.25) is 0 Å². The van der Waals surface area contributed by atoms with Gasteiger partial charge in [-0.3, -0.25) is 0 Å². The van der Waals surface area contributed by atoms with Crippen molar-refractivity contribution in [2.24, 2.45) is 5.73 Å². The lowest BCUT2D eigenvalue weighted by Gasteiger charge is -2.23. The number of rotatable bonds is 2. The van der Waals surface area contributed by atoms with Gasteiger partial charge in [0.15, 0.2) is 0 Å². The predicted molar refractivity (Wildman–Crippen MR) is 29.6 cm³/mol. The molecule has 0 heterocycles. The lowest BCUT2D eigenvalue weighted by atomic mass is 10.1. The van der Waals surface area contributed by atoms with Gasteiger partial charge in [0.1, 0.15) is 6.04 Å². The summed E-state index contributed by atoms with van der Waals surface area (Å²) in [4.78, 5) is 0. The van der Waals surface area contributed by atoms with E-state index in [4.69, 9.17) is 0 Å². The molecule has 0 aromatic heterocycles. The van der Waals surface area contributed by atoms with Gasteiger partial charge < -0.3 is 5.73 Å². The van der Waals surface area contributed by atoms with Gasteiger partial charge >= 0.3 is 18.3 Å². The van der Waals surface area contributed by atoms with Crippen LogP contribution in [-0.4, -0.2) is 24.3 Å². The summed E-state index contributed by atoms with van der Waals surface area (Å²) in [5.41, 5.74) is 4.13. The van der Waals surface area contributed by atoms with Crippen LogP contribution in [-0.2, 0) is 0 Å². The highest BCUT2D eigenvalue weighted by atomic mass is 19.4. The molecule has 0 aliphatic rings. The van der Waals surface area contributed by atoms with Crippen molar-refractivity contribution in [3.05, 3.63) is 0 Å². The second-order valence-corrected chi connectivity index (χ2v) is 2.55. The van der Waals surface area contributed by atoms with Crippen molar-refractivity contribution in [2.45, 2.75) is 30.7 Å². The summed E-state index contributed by atoms with van der Waals surface area (Å²) in [6, 6.07) is -3.20. The third-order valence-electron chi connectivity index (χ3n) is 1.31. The molecule has 1 atom stereocenters. The lowest BCUT2D eigenvalue weighted by molar-refractivity contribution is -0.293. The SMILES string of the molecule is NC(CC(F)(F)C(F)(F)F)C(F)(F)F. The summed E-state index contributed by atoms with van der Waals surface area (Å²) >= 11 is 0. The molecule has 0 aliphatic carbocycles. The van der Waals surface area contributed by atoms with Gasteiger partial charge in [0.25, 0.3) is 0 Å². The first kappa shape index (κ1) is 13.4. The highest BCUT2D eigenvalue weighted by molar-refractivity contribution is 4.84. The van der Waals surface area contributed by atoms with Crippen molar-refractivity contribution in [3.63, 3.8) is 0 Å². The Kier molecular flexibility index (Phi) is 3.37. The van der Waals surface area contributed by atoms with Gasteiger partial charge in [-0.25, -0.2) is 0 Å². The Morgan fingerprint density at radius 3 is 1.43 bits per heavy atom. The van der Waals surface area contributed by atoms with Crippen LogP contribution >= 0.6 is 0 Å². The molecule has 0 aromatic carbocycles. The van der Waals surface area contributed by atoms with Gasteiger partial charge in [-0.15, -0.1) is 0 Å². The molecule has 0 rings (SSSR count). The number of nitrogens with two attached hydrogens (primary N) is 1. The Balaban J connectivity index is 4.53. The zero-order chi connectivity index (χ0) is 11.8. The Morgan fingerprint density at radius 1 is 0.857 bits per heavy atom. The van der Waals surface area contributed by atoms with Crippen molar-refractivity contribution in [1.29, 1.82) is 0 Å².